The maximum Gasteiger partial charge on any atom is 0.127 e. The summed E-state index contributed by atoms with van der Waals surface area (Å²) in [5.74, 6) is 3.20. The summed E-state index contributed by atoms with van der Waals surface area (Å²) in [6.07, 6.45) is 0. The summed E-state index contributed by atoms with van der Waals surface area (Å²) in [5, 5.41) is 3.38. The number of hydrogen-bond donors (Lipinski definition) is 0. The number of rotatable bonds is 7. The van der Waals surface area contributed by atoms with Gasteiger partial charge in [-0.25, -0.2) is 0 Å². The molecule has 5 aromatic rings. The molecule has 166 valence electrons. The highest BCUT2D eigenvalue weighted by molar-refractivity contribution is 8.25. The lowest BCUT2D eigenvalue weighted by Gasteiger charge is -2.24. The molecule has 0 aliphatic rings. The molecule has 0 aromatic heterocycles. The summed E-state index contributed by atoms with van der Waals surface area (Å²) in [6, 6.07) is 44.1. The maximum absolute atomic E-state index is 6.48. The lowest BCUT2D eigenvalue weighted by Crippen LogP contribution is -2.24. The van der Waals surface area contributed by atoms with E-state index in [2.05, 4.69) is 48.5 Å². The van der Waals surface area contributed by atoms with Crippen LogP contribution in [-0.2, 0) is 11.8 Å². The van der Waals surface area contributed by atoms with Crippen molar-refractivity contribution in [2.24, 2.45) is 0 Å². The summed E-state index contributed by atoms with van der Waals surface area (Å²) in [5.41, 5.74) is 0. The Hall–Kier alpha value is -3.65. The molecule has 0 bridgehead atoms. The van der Waals surface area contributed by atoms with Crippen LogP contribution in [-0.4, -0.2) is 0 Å². The van der Waals surface area contributed by atoms with Gasteiger partial charge in [-0.3, -0.25) is 0 Å². The predicted octanol–water partition coefficient (Wildman–Crippen LogP) is 7.03. The fourth-order valence-electron chi connectivity index (χ4n) is 3.78. The van der Waals surface area contributed by atoms with E-state index in [4.69, 9.17) is 21.3 Å². The standard InChI is InChI=1S/C30H23O2PS/c34-33(28-14-8-3-9-15-28,29-20-16-26(17-21-29)31-24-10-4-1-5-11-24)30-22-18-27(19-23-30)32-25-12-6-2-7-13-25/h1-23H. The van der Waals surface area contributed by atoms with Crippen LogP contribution < -0.4 is 25.4 Å². The Balaban J connectivity index is 1.48. The van der Waals surface area contributed by atoms with Crippen molar-refractivity contribution < 1.29 is 9.47 Å². The first kappa shape index (κ1) is 22.2. The fourth-order valence-corrected chi connectivity index (χ4v) is 7.50. The van der Waals surface area contributed by atoms with Gasteiger partial charge in [-0.15, -0.1) is 0 Å². The van der Waals surface area contributed by atoms with Crippen LogP contribution >= 0.6 is 6.04 Å². The third kappa shape index (κ3) is 4.82. The van der Waals surface area contributed by atoms with Gasteiger partial charge < -0.3 is 9.47 Å². The van der Waals surface area contributed by atoms with E-state index in [1.54, 1.807) is 0 Å². The summed E-state index contributed by atoms with van der Waals surface area (Å²) in [7, 11) is 0. The minimum atomic E-state index is -2.26. The van der Waals surface area contributed by atoms with Crippen molar-refractivity contribution in [1.82, 2.24) is 0 Å². The second-order valence-corrected chi connectivity index (χ2v) is 12.2. The van der Waals surface area contributed by atoms with Crippen LogP contribution in [0.2, 0.25) is 0 Å². The van der Waals surface area contributed by atoms with Gasteiger partial charge in [0.15, 0.2) is 0 Å². The molecule has 0 aliphatic heterocycles. The average Bonchev–Trinajstić information content (AvgIpc) is 2.91. The number of ether oxygens (including phenoxy) is 2. The van der Waals surface area contributed by atoms with Crippen molar-refractivity contribution in [2.45, 2.75) is 0 Å². The van der Waals surface area contributed by atoms with Gasteiger partial charge in [0.25, 0.3) is 0 Å². The molecule has 0 amide bonds. The lowest BCUT2D eigenvalue weighted by molar-refractivity contribution is 0.482. The lowest BCUT2D eigenvalue weighted by atomic mass is 10.3. The maximum atomic E-state index is 6.48. The van der Waals surface area contributed by atoms with Crippen molar-refractivity contribution >= 4 is 33.8 Å². The second-order valence-electron chi connectivity index (χ2n) is 7.76. The minimum Gasteiger partial charge on any atom is -0.457 e. The molecule has 2 nitrogen and oxygen atoms in total. The highest BCUT2D eigenvalue weighted by Gasteiger charge is 2.25. The summed E-state index contributed by atoms with van der Waals surface area (Å²) in [4.78, 5) is 0. The van der Waals surface area contributed by atoms with Crippen LogP contribution in [0.15, 0.2) is 140 Å². The van der Waals surface area contributed by atoms with Gasteiger partial charge in [-0.05, 0) is 88.7 Å². The number of benzene rings is 5. The van der Waals surface area contributed by atoms with Crippen LogP contribution in [0.4, 0.5) is 0 Å². The first-order chi connectivity index (χ1) is 16.7. The van der Waals surface area contributed by atoms with Crippen molar-refractivity contribution in [2.75, 3.05) is 0 Å². The Morgan fingerprint density at radius 3 is 1.03 bits per heavy atom. The van der Waals surface area contributed by atoms with E-state index < -0.39 is 6.04 Å². The van der Waals surface area contributed by atoms with Gasteiger partial charge in [0, 0.05) is 6.04 Å². The third-order valence-corrected chi connectivity index (χ3v) is 10.5. The fraction of sp³-hybridized carbons (Fsp3) is 0. The molecule has 0 aliphatic carbocycles. The van der Waals surface area contributed by atoms with E-state index in [1.807, 2.05) is 91.0 Å². The molecule has 0 spiro atoms. The summed E-state index contributed by atoms with van der Waals surface area (Å²) >= 11 is 6.48. The molecule has 5 aromatic carbocycles. The topological polar surface area (TPSA) is 18.5 Å². The molecular formula is C30H23O2PS. The Morgan fingerprint density at radius 1 is 0.353 bits per heavy atom. The molecule has 0 radical (unpaired) electrons. The first-order valence-electron chi connectivity index (χ1n) is 11.0. The van der Waals surface area contributed by atoms with E-state index in [0.717, 1.165) is 38.9 Å². The average molecular weight is 479 g/mol. The highest BCUT2D eigenvalue weighted by Crippen LogP contribution is 2.43. The van der Waals surface area contributed by atoms with Gasteiger partial charge in [0.1, 0.15) is 23.0 Å². The molecule has 0 heterocycles. The van der Waals surface area contributed by atoms with E-state index in [0.29, 0.717) is 0 Å². The number of para-hydroxylation sites is 2. The zero-order valence-corrected chi connectivity index (χ0v) is 20.2. The van der Waals surface area contributed by atoms with Gasteiger partial charge in [-0.2, -0.15) is 0 Å². The normalized spacial score (nSPS) is 11.1. The Bertz CT molecular complexity index is 1300. The monoisotopic (exact) mass is 478 g/mol. The second kappa shape index (κ2) is 10.1. The predicted molar refractivity (Wildman–Crippen MR) is 146 cm³/mol. The molecule has 5 rings (SSSR count). The Labute approximate surface area is 205 Å². The van der Waals surface area contributed by atoms with Gasteiger partial charge in [0.2, 0.25) is 0 Å². The van der Waals surface area contributed by atoms with E-state index in [9.17, 15) is 0 Å². The first-order valence-corrected chi connectivity index (χ1v) is 13.8. The minimum absolute atomic E-state index is 0.788. The van der Waals surface area contributed by atoms with Crippen molar-refractivity contribution in [3.05, 3.63) is 140 Å². The van der Waals surface area contributed by atoms with Crippen LogP contribution in [0.25, 0.3) is 0 Å². The molecule has 0 saturated heterocycles. The van der Waals surface area contributed by atoms with Gasteiger partial charge in [0.05, 0.1) is 0 Å². The molecule has 0 saturated carbocycles. The zero-order chi connectivity index (χ0) is 23.2. The molecular weight excluding hydrogens is 455 g/mol. The molecule has 4 heteroatoms. The molecule has 34 heavy (non-hydrogen) atoms. The van der Waals surface area contributed by atoms with Crippen LogP contribution in [0.3, 0.4) is 0 Å². The quantitative estimate of drug-likeness (QED) is 0.234. The smallest absolute Gasteiger partial charge is 0.127 e. The SMILES string of the molecule is S=P(c1ccccc1)(c1ccc(Oc2ccccc2)cc1)c1ccc(Oc2ccccc2)cc1. The van der Waals surface area contributed by atoms with Crippen molar-refractivity contribution in [3.8, 4) is 23.0 Å². The molecule has 0 unspecified atom stereocenters. The zero-order valence-electron chi connectivity index (χ0n) is 18.5. The van der Waals surface area contributed by atoms with Crippen molar-refractivity contribution in [1.29, 1.82) is 0 Å². The third-order valence-electron chi connectivity index (χ3n) is 5.48. The highest BCUT2D eigenvalue weighted by atomic mass is 32.4. The van der Waals surface area contributed by atoms with E-state index in [-0.39, 0.29) is 0 Å². The molecule has 0 fully saturated rings. The van der Waals surface area contributed by atoms with Crippen molar-refractivity contribution in [3.63, 3.8) is 0 Å². The van der Waals surface area contributed by atoms with E-state index in [1.165, 1.54) is 0 Å². The Morgan fingerprint density at radius 2 is 0.647 bits per heavy atom. The van der Waals surface area contributed by atoms with Crippen LogP contribution in [0.5, 0.6) is 23.0 Å². The summed E-state index contributed by atoms with van der Waals surface area (Å²) in [6.45, 7) is 0. The molecule has 0 atom stereocenters. The Kier molecular flexibility index (Phi) is 6.58. The number of hydrogen-bond acceptors (Lipinski definition) is 3. The van der Waals surface area contributed by atoms with Crippen LogP contribution in [0, 0.1) is 0 Å². The summed E-state index contributed by atoms with van der Waals surface area (Å²) < 4.78 is 12.0. The molecule has 0 N–H and O–H groups in total. The largest absolute Gasteiger partial charge is 0.457 e. The van der Waals surface area contributed by atoms with E-state index >= 15 is 0 Å². The van der Waals surface area contributed by atoms with Crippen LogP contribution in [0.1, 0.15) is 0 Å². The van der Waals surface area contributed by atoms with Gasteiger partial charge >= 0.3 is 0 Å². The van der Waals surface area contributed by atoms with Gasteiger partial charge in [-0.1, -0.05) is 78.5 Å².